The third-order valence-electron chi connectivity index (χ3n) is 6.97. The molecular weight excluding hydrogens is 536 g/mol. The second kappa shape index (κ2) is 12.5. The van der Waals surface area contributed by atoms with E-state index in [0.717, 1.165) is 40.1 Å². The number of amides is 2. The number of nitrogens with zero attached hydrogens (tertiary/aromatic N) is 3. The van der Waals surface area contributed by atoms with Gasteiger partial charge in [-0.1, -0.05) is 55.5 Å². The average molecular weight is 571 g/mol. The summed E-state index contributed by atoms with van der Waals surface area (Å²) in [5.74, 6) is 1.65. The van der Waals surface area contributed by atoms with Crippen molar-refractivity contribution in [1.82, 2.24) is 15.1 Å². The average Bonchev–Trinajstić information content (AvgIpc) is 3.32. The van der Waals surface area contributed by atoms with E-state index in [9.17, 15) is 9.59 Å². The van der Waals surface area contributed by atoms with Crippen LogP contribution in [0, 0.1) is 6.92 Å². The monoisotopic (exact) mass is 570 g/mol. The van der Waals surface area contributed by atoms with Crippen LogP contribution in [-0.4, -0.2) is 54.7 Å². The minimum atomic E-state index is -0.272. The molecule has 2 heterocycles. The molecule has 0 spiro atoms. The molecule has 0 fully saturated rings. The van der Waals surface area contributed by atoms with E-state index in [0.29, 0.717) is 23.9 Å². The van der Waals surface area contributed by atoms with E-state index in [1.165, 1.54) is 11.8 Å². The fraction of sp³-hybridized carbons (Fsp3) is 0.281. The third-order valence-corrected chi connectivity index (χ3v) is 8.22. The minimum absolute atomic E-state index is 0.100. The first-order valence-corrected chi connectivity index (χ1v) is 14.7. The van der Waals surface area contributed by atoms with Crippen molar-refractivity contribution in [3.63, 3.8) is 0 Å². The summed E-state index contributed by atoms with van der Waals surface area (Å²) in [5.41, 5.74) is 5.36. The predicted octanol–water partition coefficient (Wildman–Crippen LogP) is 5.56. The summed E-state index contributed by atoms with van der Waals surface area (Å²) in [4.78, 5) is 28.5. The van der Waals surface area contributed by atoms with Crippen molar-refractivity contribution in [2.75, 3.05) is 38.0 Å². The molecular formula is C32H34N4O4S. The molecule has 212 valence electrons. The van der Waals surface area contributed by atoms with E-state index in [1.54, 1.807) is 19.1 Å². The molecule has 0 radical (unpaired) electrons. The second-order valence-electron chi connectivity index (χ2n) is 9.84. The van der Waals surface area contributed by atoms with E-state index in [4.69, 9.17) is 14.6 Å². The molecule has 8 nitrogen and oxygen atoms in total. The molecule has 0 saturated carbocycles. The molecule has 1 N–H and O–H groups in total. The lowest BCUT2D eigenvalue weighted by molar-refractivity contribution is -0.122. The zero-order valence-electron chi connectivity index (χ0n) is 23.7. The molecule has 3 aromatic carbocycles. The largest absolute Gasteiger partial charge is 0.493 e. The van der Waals surface area contributed by atoms with Gasteiger partial charge in [0, 0.05) is 17.7 Å². The van der Waals surface area contributed by atoms with Crippen molar-refractivity contribution in [3.05, 3.63) is 89.5 Å². The summed E-state index contributed by atoms with van der Waals surface area (Å²) in [6.07, 6.45) is 0.807. The highest BCUT2D eigenvalue weighted by molar-refractivity contribution is 8.00. The van der Waals surface area contributed by atoms with Gasteiger partial charge in [-0.25, -0.2) is 4.68 Å². The smallest absolute Gasteiger partial charge is 0.240 e. The van der Waals surface area contributed by atoms with Crippen molar-refractivity contribution in [2.45, 2.75) is 25.5 Å². The van der Waals surface area contributed by atoms with Gasteiger partial charge in [0.2, 0.25) is 11.8 Å². The molecule has 1 aromatic heterocycles. The molecule has 4 aromatic rings. The van der Waals surface area contributed by atoms with Gasteiger partial charge in [0.15, 0.2) is 11.5 Å². The predicted molar refractivity (Wildman–Crippen MR) is 163 cm³/mol. The molecule has 1 unspecified atom stereocenters. The number of fused-ring (bicyclic) bond motifs is 1. The van der Waals surface area contributed by atoms with Crippen LogP contribution in [0.15, 0.2) is 72.8 Å². The maximum absolute atomic E-state index is 13.8. The molecule has 1 aliphatic rings. The summed E-state index contributed by atoms with van der Waals surface area (Å²) in [5, 5.41) is 7.80. The summed E-state index contributed by atoms with van der Waals surface area (Å²) in [7, 11) is 3.22. The van der Waals surface area contributed by atoms with Gasteiger partial charge in [0.25, 0.3) is 0 Å². The summed E-state index contributed by atoms with van der Waals surface area (Å²) in [6, 6.07) is 23.8. The summed E-state index contributed by atoms with van der Waals surface area (Å²) < 4.78 is 12.9. The van der Waals surface area contributed by atoms with Gasteiger partial charge in [-0.2, -0.15) is 5.10 Å². The lowest BCUT2D eigenvalue weighted by Crippen LogP contribution is -2.42. The quantitative estimate of drug-likeness (QED) is 0.284. The van der Waals surface area contributed by atoms with E-state index >= 15 is 0 Å². The highest BCUT2D eigenvalue weighted by Gasteiger charge is 2.38. The van der Waals surface area contributed by atoms with Gasteiger partial charge < -0.3 is 14.8 Å². The van der Waals surface area contributed by atoms with Crippen LogP contribution in [0.1, 0.15) is 35.3 Å². The zero-order valence-corrected chi connectivity index (χ0v) is 24.5. The number of aromatic nitrogens is 2. The second-order valence-corrected chi connectivity index (χ2v) is 10.9. The van der Waals surface area contributed by atoms with Crippen LogP contribution in [-0.2, 0) is 9.59 Å². The van der Waals surface area contributed by atoms with Crippen LogP contribution >= 0.6 is 11.8 Å². The van der Waals surface area contributed by atoms with Gasteiger partial charge in [0.1, 0.15) is 12.4 Å². The van der Waals surface area contributed by atoms with Crippen LogP contribution in [0.5, 0.6) is 11.5 Å². The van der Waals surface area contributed by atoms with Crippen LogP contribution in [0.2, 0.25) is 0 Å². The molecule has 5 rings (SSSR count). The van der Waals surface area contributed by atoms with Crippen LogP contribution in [0.4, 0.5) is 5.82 Å². The van der Waals surface area contributed by atoms with Crippen molar-refractivity contribution in [2.24, 2.45) is 0 Å². The summed E-state index contributed by atoms with van der Waals surface area (Å²) in [6.45, 7) is 4.46. The van der Waals surface area contributed by atoms with E-state index in [1.807, 2.05) is 91.3 Å². The number of rotatable bonds is 9. The standard InChI is InChI=1S/C32H34N4O4S/c1-5-16-33-27(37)19-35-28(38)20-41-31(23-14-15-25(39-3)26(18-23)40-4)29-30(22-11-7-6-8-12-22)34-36(32(29)35)24-13-9-10-21(2)17-24/h6-15,17-18,31H,5,16,19-20H2,1-4H3,(H,33,37). The molecule has 41 heavy (non-hydrogen) atoms. The van der Waals surface area contributed by atoms with Gasteiger partial charge in [-0.15, -0.1) is 11.8 Å². The lowest BCUT2D eigenvalue weighted by atomic mass is 9.99. The van der Waals surface area contributed by atoms with Gasteiger partial charge in [-0.3, -0.25) is 14.5 Å². The maximum Gasteiger partial charge on any atom is 0.240 e. The van der Waals surface area contributed by atoms with Crippen LogP contribution in [0.3, 0.4) is 0 Å². The number of hydrogen-bond donors (Lipinski definition) is 1. The SMILES string of the molecule is CCCNC(=O)CN1C(=O)CSC(c2ccc(OC)c(OC)c2)c2c(-c3ccccc3)nn(-c3cccc(C)c3)c21. The lowest BCUT2D eigenvalue weighted by Gasteiger charge is -2.23. The number of benzene rings is 3. The Kier molecular flexibility index (Phi) is 8.64. The fourth-order valence-corrected chi connectivity index (χ4v) is 6.20. The number of nitrogens with one attached hydrogen (secondary N) is 1. The van der Waals surface area contributed by atoms with Gasteiger partial charge in [0.05, 0.1) is 36.6 Å². The number of carbonyl (C=O) groups is 2. The van der Waals surface area contributed by atoms with Crippen molar-refractivity contribution in [1.29, 1.82) is 0 Å². The number of thioether (sulfide) groups is 1. The highest BCUT2D eigenvalue weighted by Crippen LogP contribution is 2.49. The molecule has 2 amide bonds. The molecule has 0 saturated heterocycles. The Morgan fingerprint density at radius 1 is 1.02 bits per heavy atom. The molecule has 1 atom stereocenters. The van der Waals surface area contributed by atoms with Crippen LogP contribution in [0.25, 0.3) is 16.9 Å². The number of carbonyl (C=O) groups excluding carboxylic acids is 2. The third kappa shape index (κ3) is 5.81. The first kappa shape index (κ1) is 28.3. The Morgan fingerprint density at radius 2 is 1.80 bits per heavy atom. The molecule has 9 heteroatoms. The van der Waals surface area contributed by atoms with E-state index in [2.05, 4.69) is 5.32 Å². The Bertz CT molecular complexity index is 1550. The first-order valence-electron chi connectivity index (χ1n) is 13.6. The van der Waals surface area contributed by atoms with Crippen LogP contribution < -0.4 is 19.7 Å². The van der Waals surface area contributed by atoms with Gasteiger partial charge >= 0.3 is 0 Å². The highest BCUT2D eigenvalue weighted by atomic mass is 32.2. The fourth-order valence-electron chi connectivity index (χ4n) is 5.01. The molecule has 0 aliphatic carbocycles. The number of anilines is 1. The topological polar surface area (TPSA) is 85.7 Å². The minimum Gasteiger partial charge on any atom is -0.493 e. The van der Waals surface area contributed by atoms with Crippen molar-refractivity contribution < 1.29 is 19.1 Å². The summed E-state index contributed by atoms with van der Waals surface area (Å²) >= 11 is 1.52. The zero-order chi connectivity index (χ0) is 28.9. The number of methoxy groups -OCH3 is 2. The first-order chi connectivity index (χ1) is 19.9. The maximum atomic E-state index is 13.8. The van der Waals surface area contributed by atoms with E-state index < -0.39 is 0 Å². The number of ether oxygens (including phenoxy) is 2. The normalized spacial score (nSPS) is 14.8. The Hall–Kier alpha value is -4.24. The van der Waals surface area contributed by atoms with Crippen molar-refractivity contribution >= 4 is 29.4 Å². The van der Waals surface area contributed by atoms with Gasteiger partial charge in [-0.05, 0) is 48.7 Å². The Morgan fingerprint density at radius 3 is 2.51 bits per heavy atom. The molecule has 1 aliphatic heterocycles. The Labute approximate surface area is 244 Å². The van der Waals surface area contributed by atoms with Crippen molar-refractivity contribution in [3.8, 4) is 28.4 Å². The Balaban J connectivity index is 1.79. The molecule has 0 bridgehead atoms. The number of hydrogen-bond acceptors (Lipinski definition) is 6. The van der Waals surface area contributed by atoms with E-state index in [-0.39, 0.29) is 29.4 Å². The number of aryl methyl sites for hydroxylation is 1.